The fourth-order valence-electron chi connectivity index (χ4n) is 2.36. The zero-order valence-corrected chi connectivity index (χ0v) is 12.9. The maximum atomic E-state index is 5.95. The lowest BCUT2D eigenvalue weighted by Gasteiger charge is -2.31. The number of ether oxygens (including phenoxy) is 1. The summed E-state index contributed by atoms with van der Waals surface area (Å²) in [5, 5.41) is 4.33. The summed E-state index contributed by atoms with van der Waals surface area (Å²) in [6.45, 7) is 3.06. The van der Waals surface area contributed by atoms with Gasteiger partial charge >= 0.3 is 0 Å². The van der Waals surface area contributed by atoms with Crippen LogP contribution in [-0.2, 0) is 4.74 Å². The van der Waals surface area contributed by atoms with Crippen LogP contribution in [0.1, 0.15) is 32.6 Å². The molecule has 1 N–H and O–H groups in total. The van der Waals surface area contributed by atoms with E-state index in [0.29, 0.717) is 12.1 Å². The summed E-state index contributed by atoms with van der Waals surface area (Å²) in [6.07, 6.45) is 4.90. The lowest BCUT2D eigenvalue weighted by molar-refractivity contribution is 0.00597. The predicted molar refractivity (Wildman–Crippen MR) is 80.4 cm³/mol. The molecule has 2 unspecified atom stereocenters. The zero-order chi connectivity index (χ0) is 13.0. The first kappa shape index (κ1) is 14.2. The molecule has 1 aliphatic heterocycles. The summed E-state index contributed by atoms with van der Waals surface area (Å²) < 4.78 is 6.78. The van der Waals surface area contributed by atoms with Crippen molar-refractivity contribution in [3.8, 4) is 0 Å². The third-order valence-corrected chi connectivity index (χ3v) is 4.16. The van der Waals surface area contributed by atoms with Gasteiger partial charge in [0, 0.05) is 27.8 Å². The topological polar surface area (TPSA) is 21.3 Å². The molecule has 1 fully saturated rings. The first-order chi connectivity index (χ1) is 8.69. The zero-order valence-electron chi connectivity index (χ0n) is 10.6. The Morgan fingerprint density at radius 2 is 2.33 bits per heavy atom. The van der Waals surface area contributed by atoms with Gasteiger partial charge in [-0.1, -0.05) is 24.9 Å². The normalized spacial score (nSPS) is 23.9. The molecule has 0 spiro atoms. The van der Waals surface area contributed by atoms with Crippen molar-refractivity contribution in [2.45, 2.75) is 44.8 Å². The molecule has 0 aliphatic carbocycles. The highest BCUT2D eigenvalue weighted by Gasteiger charge is 2.22. The first-order valence-electron chi connectivity index (χ1n) is 6.52. The Hall–Kier alpha value is -0.250. The summed E-state index contributed by atoms with van der Waals surface area (Å²) >= 11 is 9.49. The minimum Gasteiger partial charge on any atom is -0.381 e. The molecule has 1 heterocycles. The van der Waals surface area contributed by atoms with Gasteiger partial charge in [0.15, 0.2) is 0 Å². The first-order valence-corrected chi connectivity index (χ1v) is 7.69. The third-order valence-electron chi connectivity index (χ3n) is 3.27. The van der Waals surface area contributed by atoms with Gasteiger partial charge in [-0.2, -0.15) is 0 Å². The Balaban J connectivity index is 1.96. The number of hydrogen-bond donors (Lipinski definition) is 1. The van der Waals surface area contributed by atoms with Crippen molar-refractivity contribution in [3.63, 3.8) is 0 Å². The highest BCUT2D eigenvalue weighted by atomic mass is 79.9. The van der Waals surface area contributed by atoms with Crippen LogP contribution in [0.5, 0.6) is 0 Å². The number of rotatable bonds is 4. The van der Waals surface area contributed by atoms with Gasteiger partial charge in [0.25, 0.3) is 0 Å². The average Bonchev–Trinajstić information content (AvgIpc) is 2.34. The van der Waals surface area contributed by atoms with Crippen LogP contribution in [0, 0.1) is 0 Å². The van der Waals surface area contributed by atoms with Crippen LogP contribution < -0.4 is 5.32 Å². The minimum atomic E-state index is 0.410. The standard InChI is InChI=1S/C14H19BrClNO/c1-2-3-12-9-11(6-7-18-12)17-14-5-4-10(16)8-13(14)15/h4-5,8,11-12,17H,2-3,6-7,9H2,1H3. The van der Waals surface area contributed by atoms with E-state index in [9.17, 15) is 0 Å². The van der Waals surface area contributed by atoms with E-state index in [1.165, 1.54) is 6.42 Å². The Morgan fingerprint density at radius 1 is 1.50 bits per heavy atom. The molecule has 2 rings (SSSR count). The quantitative estimate of drug-likeness (QED) is 0.850. The van der Waals surface area contributed by atoms with E-state index in [-0.39, 0.29) is 0 Å². The second-order valence-corrected chi connectivity index (χ2v) is 6.06. The summed E-state index contributed by atoms with van der Waals surface area (Å²) in [5.74, 6) is 0. The van der Waals surface area contributed by atoms with Gasteiger partial charge in [-0.05, 0) is 53.4 Å². The van der Waals surface area contributed by atoms with E-state index in [2.05, 4.69) is 28.2 Å². The minimum absolute atomic E-state index is 0.410. The Bertz CT molecular complexity index is 397. The summed E-state index contributed by atoms with van der Waals surface area (Å²) in [4.78, 5) is 0. The Morgan fingerprint density at radius 3 is 3.06 bits per heavy atom. The molecule has 0 radical (unpaired) electrons. The number of halogens is 2. The van der Waals surface area contributed by atoms with Crippen molar-refractivity contribution in [2.75, 3.05) is 11.9 Å². The van der Waals surface area contributed by atoms with Crippen molar-refractivity contribution in [1.29, 1.82) is 0 Å². The Kier molecular flexibility index (Phi) is 5.34. The highest BCUT2D eigenvalue weighted by Crippen LogP contribution is 2.28. The Labute approximate surface area is 122 Å². The molecule has 2 nitrogen and oxygen atoms in total. The molecular weight excluding hydrogens is 314 g/mol. The van der Waals surface area contributed by atoms with E-state index in [1.54, 1.807) is 0 Å². The van der Waals surface area contributed by atoms with Crippen LogP contribution in [0.25, 0.3) is 0 Å². The van der Waals surface area contributed by atoms with Crippen LogP contribution in [-0.4, -0.2) is 18.8 Å². The highest BCUT2D eigenvalue weighted by molar-refractivity contribution is 9.10. The molecule has 0 aromatic heterocycles. The van der Waals surface area contributed by atoms with Crippen LogP contribution >= 0.6 is 27.5 Å². The van der Waals surface area contributed by atoms with E-state index >= 15 is 0 Å². The average molecular weight is 333 g/mol. The molecule has 1 aromatic rings. The largest absolute Gasteiger partial charge is 0.381 e. The second-order valence-electron chi connectivity index (χ2n) is 4.77. The van der Waals surface area contributed by atoms with E-state index in [0.717, 1.165) is 41.1 Å². The van der Waals surface area contributed by atoms with Crippen molar-refractivity contribution < 1.29 is 4.74 Å². The summed E-state index contributed by atoms with van der Waals surface area (Å²) in [5.41, 5.74) is 1.11. The second kappa shape index (κ2) is 6.78. The fraction of sp³-hybridized carbons (Fsp3) is 0.571. The molecule has 0 amide bonds. The number of nitrogens with one attached hydrogen (secondary N) is 1. The van der Waals surface area contributed by atoms with Crippen molar-refractivity contribution in [2.24, 2.45) is 0 Å². The number of hydrogen-bond acceptors (Lipinski definition) is 2. The molecule has 4 heteroatoms. The maximum absolute atomic E-state index is 5.95. The molecule has 0 bridgehead atoms. The van der Waals surface area contributed by atoms with Crippen molar-refractivity contribution in [1.82, 2.24) is 0 Å². The van der Waals surface area contributed by atoms with Crippen molar-refractivity contribution in [3.05, 3.63) is 27.7 Å². The van der Waals surface area contributed by atoms with E-state index in [1.807, 2.05) is 18.2 Å². The SMILES string of the molecule is CCCC1CC(Nc2ccc(Cl)cc2Br)CCO1. The van der Waals surface area contributed by atoms with Gasteiger partial charge in [-0.25, -0.2) is 0 Å². The molecule has 1 saturated heterocycles. The monoisotopic (exact) mass is 331 g/mol. The smallest absolute Gasteiger partial charge is 0.0594 e. The van der Waals surface area contributed by atoms with Crippen LogP contribution in [0.2, 0.25) is 5.02 Å². The number of benzene rings is 1. The van der Waals surface area contributed by atoms with E-state index in [4.69, 9.17) is 16.3 Å². The van der Waals surface area contributed by atoms with Crippen LogP contribution in [0.4, 0.5) is 5.69 Å². The lowest BCUT2D eigenvalue weighted by atomic mass is 10.00. The maximum Gasteiger partial charge on any atom is 0.0594 e. The van der Waals surface area contributed by atoms with Gasteiger partial charge in [0.2, 0.25) is 0 Å². The third kappa shape index (κ3) is 3.87. The van der Waals surface area contributed by atoms with Gasteiger partial charge in [0.1, 0.15) is 0 Å². The summed E-state index contributed by atoms with van der Waals surface area (Å²) in [6, 6.07) is 6.36. The number of anilines is 1. The molecule has 2 atom stereocenters. The molecule has 0 saturated carbocycles. The van der Waals surface area contributed by atoms with E-state index < -0.39 is 0 Å². The molecular formula is C14H19BrClNO. The predicted octanol–water partition coefficient (Wildman–Crippen LogP) is 4.86. The molecule has 1 aliphatic rings. The lowest BCUT2D eigenvalue weighted by Crippen LogP contribution is -2.34. The van der Waals surface area contributed by atoms with Crippen LogP contribution in [0.15, 0.2) is 22.7 Å². The summed E-state index contributed by atoms with van der Waals surface area (Å²) in [7, 11) is 0. The molecule has 18 heavy (non-hydrogen) atoms. The molecule has 100 valence electrons. The van der Waals surface area contributed by atoms with Gasteiger partial charge in [-0.15, -0.1) is 0 Å². The van der Waals surface area contributed by atoms with Crippen molar-refractivity contribution >= 4 is 33.2 Å². The van der Waals surface area contributed by atoms with Crippen LogP contribution in [0.3, 0.4) is 0 Å². The molecule has 1 aromatic carbocycles. The van der Waals surface area contributed by atoms with Gasteiger partial charge < -0.3 is 10.1 Å². The fourth-order valence-corrected chi connectivity index (χ4v) is 3.16. The van der Waals surface area contributed by atoms with Gasteiger partial charge in [0.05, 0.1) is 6.10 Å². The van der Waals surface area contributed by atoms with Gasteiger partial charge in [-0.3, -0.25) is 0 Å².